The van der Waals surface area contributed by atoms with Gasteiger partial charge in [0.1, 0.15) is 12.1 Å². The summed E-state index contributed by atoms with van der Waals surface area (Å²) in [5.74, 6) is -0.106. The number of aliphatic hydroxyl groups is 1. The van der Waals surface area contributed by atoms with Crippen LogP contribution in [0.5, 0.6) is 11.6 Å². The van der Waals surface area contributed by atoms with Crippen LogP contribution in [0.4, 0.5) is 13.2 Å². The van der Waals surface area contributed by atoms with Crippen LogP contribution < -0.4 is 10.1 Å². The lowest BCUT2D eigenvalue weighted by atomic mass is 10.1. The van der Waals surface area contributed by atoms with E-state index in [9.17, 15) is 18.0 Å². The largest absolute Gasteiger partial charge is 0.438 e. The summed E-state index contributed by atoms with van der Waals surface area (Å²) in [4.78, 5) is 20.6. The summed E-state index contributed by atoms with van der Waals surface area (Å²) in [5.41, 5.74) is -0.350. The quantitative estimate of drug-likeness (QED) is 0.635. The van der Waals surface area contributed by atoms with Crippen molar-refractivity contribution in [2.75, 3.05) is 6.61 Å². The molecule has 8 nitrogen and oxygen atoms in total. The van der Waals surface area contributed by atoms with Gasteiger partial charge in [-0.15, -0.1) is 0 Å². The molecule has 0 saturated heterocycles. The highest BCUT2D eigenvalue weighted by atomic mass is 19.4. The third-order valence-corrected chi connectivity index (χ3v) is 4.00. The Morgan fingerprint density at radius 1 is 1.27 bits per heavy atom. The summed E-state index contributed by atoms with van der Waals surface area (Å²) in [6, 6.07) is 5.13. The Kier molecular flexibility index (Phi) is 6.01. The van der Waals surface area contributed by atoms with Gasteiger partial charge in [0.15, 0.2) is 5.82 Å². The summed E-state index contributed by atoms with van der Waals surface area (Å²) in [7, 11) is 1.65. The Balaban J connectivity index is 1.94. The van der Waals surface area contributed by atoms with Crippen molar-refractivity contribution in [1.29, 1.82) is 0 Å². The van der Waals surface area contributed by atoms with Gasteiger partial charge >= 0.3 is 6.18 Å². The number of benzene rings is 1. The average molecular weight is 421 g/mol. The predicted octanol–water partition coefficient (Wildman–Crippen LogP) is 2.80. The lowest BCUT2D eigenvalue weighted by molar-refractivity contribution is -0.137. The number of pyridine rings is 1. The molecule has 2 aromatic heterocycles. The van der Waals surface area contributed by atoms with E-state index in [1.165, 1.54) is 35.4 Å². The van der Waals surface area contributed by atoms with Crippen molar-refractivity contribution in [3.63, 3.8) is 0 Å². The molecule has 2 heterocycles. The highest BCUT2D eigenvalue weighted by molar-refractivity contribution is 5.95. The topological polar surface area (TPSA) is 102 Å². The van der Waals surface area contributed by atoms with Crippen molar-refractivity contribution >= 4 is 5.91 Å². The van der Waals surface area contributed by atoms with E-state index in [2.05, 4.69) is 20.4 Å². The summed E-state index contributed by atoms with van der Waals surface area (Å²) < 4.78 is 45.3. The standard InChI is InChI=1S/C19H18F3N5O3/c1-11(9-28)25-17(29)12-7-15(16-24-10-27(2)26-16)18(23-8-12)30-14-5-3-13(4-6-14)19(20,21)22/h3-8,10-11,28H,9H2,1-2H3,(H,25,29)/t11-/m1/s1. The number of nitrogens with zero attached hydrogens (tertiary/aromatic N) is 4. The first-order valence-electron chi connectivity index (χ1n) is 8.80. The second-order valence-electron chi connectivity index (χ2n) is 6.50. The third kappa shape index (κ3) is 4.92. The van der Waals surface area contributed by atoms with Crippen molar-refractivity contribution in [3.05, 3.63) is 54.0 Å². The number of rotatable bonds is 6. The lowest BCUT2D eigenvalue weighted by Gasteiger charge is -2.13. The minimum absolute atomic E-state index is 0.0210. The zero-order chi connectivity index (χ0) is 21.9. The smallest absolute Gasteiger partial charge is 0.416 e. The molecule has 3 rings (SSSR count). The number of ether oxygens (including phenoxy) is 1. The monoisotopic (exact) mass is 421 g/mol. The van der Waals surface area contributed by atoms with Crippen molar-refractivity contribution in [2.45, 2.75) is 19.1 Å². The first-order chi connectivity index (χ1) is 14.2. The number of aromatic nitrogens is 4. The van der Waals surface area contributed by atoms with E-state index in [0.29, 0.717) is 0 Å². The molecule has 11 heteroatoms. The molecule has 1 aromatic carbocycles. The number of amides is 1. The Morgan fingerprint density at radius 3 is 2.53 bits per heavy atom. The molecule has 0 bridgehead atoms. The van der Waals surface area contributed by atoms with Gasteiger partial charge < -0.3 is 15.2 Å². The second kappa shape index (κ2) is 8.49. The number of carbonyl (C=O) groups is 1. The highest BCUT2D eigenvalue weighted by Gasteiger charge is 2.30. The van der Waals surface area contributed by atoms with Gasteiger partial charge in [0.05, 0.1) is 23.3 Å². The number of hydrogen-bond donors (Lipinski definition) is 2. The van der Waals surface area contributed by atoms with Crippen LogP contribution in [0.25, 0.3) is 11.4 Å². The van der Waals surface area contributed by atoms with E-state index < -0.39 is 23.7 Å². The van der Waals surface area contributed by atoms with Gasteiger partial charge in [0.2, 0.25) is 5.88 Å². The average Bonchev–Trinajstić information content (AvgIpc) is 3.14. The summed E-state index contributed by atoms with van der Waals surface area (Å²) in [6.07, 6.45) is -1.76. The molecule has 0 spiro atoms. The fourth-order valence-electron chi connectivity index (χ4n) is 2.46. The SMILES string of the molecule is C[C@H](CO)NC(=O)c1cnc(Oc2ccc(C(F)(F)F)cc2)c(-c2ncn(C)n2)c1. The zero-order valence-corrected chi connectivity index (χ0v) is 16.0. The summed E-state index contributed by atoms with van der Waals surface area (Å²) in [6.45, 7) is 1.40. The van der Waals surface area contributed by atoms with Gasteiger partial charge in [-0.25, -0.2) is 9.97 Å². The van der Waals surface area contributed by atoms with Gasteiger partial charge in [-0.3, -0.25) is 9.48 Å². The van der Waals surface area contributed by atoms with Gasteiger partial charge in [-0.2, -0.15) is 18.3 Å². The minimum Gasteiger partial charge on any atom is -0.438 e. The molecule has 0 aliphatic heterocycles. The fraction of sp³-hybridized carbons (Fsp3) is 0.263. The van der Waals surface area contributed by atoms with Crippen LogP contribution in [0, 0.1) is 0 Å². The molecule has 158 valence electrons. The van der Waals surface area contributed by atoms with Gasteiger partial charge in [0.25, 0.3) is 5.91 Å². The number of carbonyl (C=O) groups excluding carboxylic acids is 1. The first kappa shape index (κ1) is 21.2. The maximum atomic E-state index is 12.7. The number of alkyl halides is 3. The molecular weight excluding hydrogens is 403 g/mol. The number of hydrogen-bond acceptors (Lipinski definition) is 6. The van der Waals surface area contributed by atoms with E-state index in [1.54, 1.807) is 14.0 Å². The highest BCUT2D eigenvalue weighted by Crippen LogP contribution is 2.33. The van der Waals surface area contributed by atoms with Crippen LogP contribution in [0.15, 0.2) is 42.9 Å². The molecule has 0 unspecified atom stereocenters. The van der Waals surface area contributed by atoms with E-state index in [0.717, 1.165) is 12.1 Å². The molecule has 1 atom stereocenters. The zero-order valence-electron chi connectivity index (χ0n) is 16.0. The number of aliphatic hydroxyl groups excluding tert-OH is 1. The van der Waals surface area contributed by atoms with Crippen LogP contribution in [0.1, 0.15) is 22.8 Å². The fourth-order valence-corrected chi connectivity index (χ4v) is 2.46. The normalized spacial score (nSPS) is 12.5. The number of halogens is 3. The Morgan fingerprint density at radius 2 is 1.97 bits per heavy atom. The maximum absolute atomic E-state index is 12.7. The third-order valence-electron chi connectivity index (χ3n) is 4.00. The van der Waals surface area contributed by atoms with Crippen molar-refractivity contribution in [2.24, 2.45) is 7.05 Å². The molecule has 3 aromatic rings. The lowest BCUT2D eigenvalue weighted by Crippen LogP contribution is -2.35. The van der Waals surface area contributed by atoms with E-state index >= 15 is 0 Å². The Labute approximate surface area is 169 Å². The van der Waals surface area contributed by atoms with Crippen LogP contribution in [0.2, 0.25) is 0 Å². The van der Waals surface area contributed by atoms with Crippen LogP contribution in [-0.2, 0) is 13.2 Å². The first-order valence-corrected chi connectivity index (χ1v) is 8.80. The Bertz CT molecular complexity index is 1030. The number of aryl methyl sites for hydroxylation is 1. The maximum Gasteiger partial charge on any atom is 0.416 e. The van der Waals surface area contributed by atoms with E-state index in [1.807, 2.05) is 0 Å². The molecule has 0 aliphatic carbocycles. The van der Waals surface area contributed by atoms with Crippen LogP contribution >= 0.6 is 0 Å². The Hall–Kier alpha value is -3.47. The van der Waals surface area contributed by atoms with Crippen molar-refractivity contribution < 1.29 is 27.8 Å². The summed E-state index contributed by atoms with van der Waals surface area (Å²) >= 11 is 0. The van der Waals surface area contributed by atoms with Crippen LogP contribution in [-0.4, -0.2) is 43.4 Å². The molecule has 0 radical (unpaired) electrons. The van der Waals surface area contributed by atoms with Crippen molar-refractivity contribution in [3.8, 4) is 23.0 Å². The predicted molar refractivity (Wildman–Crippen MR) is 99.8 cm³/mol. The molecule has 0 aliphatic rings. The van der Waals surface area contributed by atoms with E-state index in [-0.39, 0.29) is 35.2 Å². The van der Waals surface area contributed by atoms with Crippen LogP contribution in [0.3, 0.4) is 0 Å². The summed E-state index contributed by atoms with van der Waals surface area (Å²) in [5, 5.41) is 15.9. The second-order valence-corrected chi connectivity index (χ2v) is 6.50. The van der Waals surface area contributed by atoms with E-state index in [4.69, 9.17) is 9.84 Å². The molecule has 1 amide bonds. The van der Waals surface area contributed by atoms with Crippen molar-refractivity contribution in [1.82, 2.24) is 25.1 Å². The number of nitrogens with one attached hydrogen (secondary N) is 1. The molecular formula is C19H18F3N5O3. The van der Waals surface area contributed by atoms with Gasteiger partial charge in [0, 0.05) is 19.3 Å². The molecule has 0 fully saturated rings. The minimum atomic E-state index is -4.46. The van der Waals surface area contributed by atoms with Gasteiger partial charge in [-0.1, -0.05) is 0 Å². The van der Waals surface area contributed by atoms with Gasteiger partial charge in [-0.05, 0) is 37.3 Å². The molecule has 30 heavy (non-hydrogen) atoms. The molecule has 0 saturated carbocycles. The molecule has 2 N–H and O–H groups in total.